The molecule has 0 aliphatic carbocycles. The first-order valence-electron chi connectivity index (χ1n) is 5.58. The molecular weight excluding hydrogens is 240 g/mol. The fraction of sp³-hybridized carbons (Fsp3) is 0.500. The molecule has 0 saturated carbocycles. The summed E-state index contributed by atoms with van der Waals surface area (Å²) in [6.45, 7) is 3.96. The Labute approximate surface area is 103 Å². The Bertz CT molecular complexity index is 384. The molecule has 0 bridgehead atoms. The van der Waals surface area contributed by atoms with Gasteiger partial charge in [0.25, 0.3) is 10.1 Å². The minimum Gasteiger partial charge on any atom is -0.393 e. The molecule has 4 nitrogen and oxygen atoms in total. The minimum atomic E-state index is -4.00. The van der Waals surface area contributed by atoms with Crippen molar-refractivity contribution in [2.75, 3.05) is 0 Å². The Morgan fingerprint density at radius 3 is 2.00 bits per heavy atom. The highest BCUT2D eigenvalue weighted by Crippen LogP contribution is 2.05. The van der Waals surface area contributed by atoms with Crippen LogP contribution in [0.25, 0.3) is 0 Å². The predicted octanol–water partition coefficient (Wildman–Crippen LogP) is 2.49. The van der Waals surface area contributed by atoms with Gasteiger partial charge in [0.2, 0.25) is 0 Å². The number of aliphatic hydroxyl groups excluding tert-OH is 1. The summed E-state index contributed by atoms with van der Waals surface area (Å²) >= 11 is 0. The highest BCUT2D eigenvalue weighted by molar-refractivity contribution is 7.85. The molecule has 0 aromatic heterocycles. The summed E-state index contributed by atoms with van der Waals surface area (Å²) in [5, 5.41) is 8.68. The van der Waals surface area contributed by atoms with Crippen LogP contribution >= 0.6 is 0 Å². The Balaban J connectivity index is 0.000000325. The van der Waals surface area contributed by atoms with Gasteiger partial charge in [0.05, 0.1) is 11.0 Å². The molecule has 0 fully saturated rings. The molecule has 1 unspecified atom stereocenters. The van der Waals surface area contributed by atoms with Crippen molar-refractivity contribution in [3.63, 3.8) is 0 Å². The second kappa shape index (κ2) is 8.22. The van der Waals surface area contributed by atoms with Crippen LogP contribution in [0.15, 0.2) is 35.2 Å². The largest absolute Gasteiger partial charge is 0.393 e. The van der Waals surface area contributed by atoms with Gasteiger partial charge in [-0.3, -0.25) is 4.55 Å². The first-order valence-corrected chi connectivity index (χ1v) is 7.02. The molecular formula is C12H20O4S. The van der Waals surface area contributed by atoms with E-state index in [-0.39, 0.29) is 11.0 Å². The first-order chi connectivity index (χ1) is 7.88. The van der Waals surface area contributed by atoms with Gasteiger partial charge < -0.3 is 5.11 Å². The minimum absolute atomic E-state index is 0.0741. The molecule has 0 radical (unpaired) electrons. The number of hydrogen-bond donors (Lipinski definition) is 2. The van der Waals surface area contributed by atoms with Gasteiger partial charge in [-0.2, -0.15) is 8.42 Å². The third-order valence-corrected chi connectivity index (χ3v) is 2.88. The van der Waals surface area contributed by atoms with Crippen molar-refractivity contribution >= 4 is 10.1 Å². The van der Waals surface area contributed by atoms with Crippen LogP contribution in [-0.2, 0) is 10.1 Å². The zero-order valence-electron chi connectivity index (χ0n) is 10.2. The van der Waals surface area contributed by atoms with Crippen LogP contribution in [0.5, 0.6) is 0 Å². The van der Waals surface area contributed by atoms with Gasteiger partial charge in [0.1, 0.15) is 0 Å². The standard InChI is InChI=1S/C6H6O3S.C6H14O/c7-10(8,9)6-4-2-1-3-5-6;1-3-4-5-6(2)7/h1-5H,(H,7,8,9);6-7H,3-5H2,1-2H3. The number of rotatable bonds is 4. The summed E-state index contributed by atoms with van der Waals surface area (Å²) in [6, 6.07) is 7.42. The second-order valence-electron chi connectivity index (χ2n) is 3.78. The summed E-state index contributed by atoms with van der Waals surface area (Å²) in [5.41, 5.74) is 0. The summed E-state index contributed by atoms with van der Waals surface area (Å²) < 4.78 is 29.2. The highest BCUT2D eigenvalue weighted by Gasteiger charge is 2.05. The van der Waals surface area contributed by atoms with E-state index in [2.05, 4.69) is 6.92 Å². The molecule has 1 atom stereocenters. The first kappa shape index (κ1) is 16.1. The van der Waals surface area contributed by atoms with Crippen molar-refractivity contribution in [1.82, 2.24) is 0 Å². The molecule has 0 spiro atoms. The van der Waals surface area contributed by atoms with E-state index in [9.17, 15) is 8.42 Å². The number of benzene rings is 1. The van der Waals surface area contributed by atoms with Crippen molar-refractivity contribution in [2.24, 2.45) is 0 Å². The van der Waals surface area contributed by atoms with Crippen LogP contribution < -0.4 is 0 Å². The Kier molecular flexibility index (Phi) is 7.78. The molecule has 17 heavy (non-hydrogen) atoms. The monoisotopic (exact) mass is 260 g/mol. The molecule has 2 N–H and O–H groups in total. The van der Waals surface area contributed by atoms with E-state index in [1.165, 1.54) is 18.6 Å². The van der Waals surface area contributed by atoms with Crippen LogP contribution in [0.4, 0.5) is 0 Å². The normalized spacial score (nSPS) is 12.5. The highest BCUT2D eigenvalue weighted by atomic mass is 32.2. The molecule has 98 valence electrons. The second-order valence-corrected chi connectivity index (χ2v) is 5.20. The molecule has 1 aromatic carbocycles. The third-order valence-electron chi connectivity index (χ3n) is 2.02. The lowest BCUT2D eigenvalue weighted by atomic mass is 10.2. The zero-order chi connectivity index (χ0) is 13.3. The maximum absolute atomic E-state index is 10.4. The van der Waals surface area contributed by atoms with Gasteiger partial charge in [-0.25, -0.2) is 0 Å². The predicted molar refractivity (Wildman–Crippen MR) is 67.5 cm³/mol. The Morgan fingerprint density at radius 2 is 1.76 bits per heavy atom. The van der Waals surface area contributed by atoms with Crippen LogP contribution in [0.3, 0.4) is 0 Å². The van der Waals surface area contributed by atoms with Crippen molar-refractivity contribution in [3.8, 4) is 0 Å². The van der Waals surface area contributed by atoms with E-state index < -0.39 is 10.1 Å². The smallest absolute Gasteiger partial charge is 0.294 e. The van der Waals surface area contributed by atoms with Crippen molar-refractivity contribution in [2.45, 2.75) is 44.1 Å². The molecule has 0 aliphatic rings. The third kappa shape index (κ3) is 8.85. The average molecular weight is 260 g/mol. The molecule has 0 aliphatic heterocycles. The van der Waals surface area contributed by atoms with Gasteiger partial charge in [0.15, 0.2) is 0 Å². The van der Waals surface area contributed by atoms with Crippen molar-refractivity contribution < 1.29 is 18.1 Å². The maximum Gasteiger partial charge on any atom is 0.294 e. The fourth-order valence-corrected chi connectivity index (χ4v) is 1.59. The summed E-state index contributed by atoms with van der Waals surface area (Å²) in [5.74, 6) is 0. The van der Waals surface area contributed by atoms with Gasteiger partial charge in [-0.1, -0.05) is 38.0 Å². The number of unbranched alkanes of at least 4 members (excludes halogenated alkanes) is 1. The summed E-state index contributed by atoms with van der Waals surface area (Å²) in [4.78, 5) is -0.0741. The molecule has 0 heterocycles. The van der Waals surface area contributed by atoms with E-state index in [1.807, 2.05) is 6.92 Å². The topological polar surface area (TPSA) is 74.6 Å². The van der Waals surface area contributed by atoms with Gasteiger partial charge in [-0.15, -0.1) is 0 Å². The van der Waals surface area contributed by atoms with E-state index in [4.69, 9.17) is 9.66 Å². The van der Waals surface area contributed by atoms with Gasteiger partial charge in [0, 0.05) is 0 Å². The van der Waals surface area contributed by atoms with Gasteiger partial charge >= 0.3 is 0 Å². The lowest BCUT2D eigenvalue weighted by Crippen LogP contribution is -1.97. The number of hydrogen-bond acceptors (Lipinski definition) is 3. The Hall–Kier alpha value is -0.910. The lowest BCUT2D eigenvalue weighted by Gasteiger charge is -1.98. The van der Waals surface area contributed by atoms with Crippen LogP contribution in [0.2, 0.25) is 0 Å². The average Bonchev–Trinajstić information content (AvgIpc) is 2.27. The molecule has 0 amide bonds. The van der Waals surface area contributed by atoms with Crippen molar-refractivity contribution in [1.29, 1.82) is 0 Å². The van der Waals surface area contributed by atoms with Crippen LogP contribution in [0.1, 0.15) is 33.1 Å². The van der Waals surface area contributed by atoms with Crippen molar-refractivity contribution in [3.05, 3.63) is 30.3 Å². The van der Waals surface area contributed by atoms with Gasteiger partial charge in [-0.05, 0) is 25.5 Å². The molecule has 5 heteroatoms. The zero-order valence-corrected chi connectivity index (χ0v) is 11.0. The Morgan fingerprint density at radius 1 is 1.24 bits per heavy atom. The number of aliphatic hydroxyl groups is 1. The molecule has 0 saturated heterocycles. The quantitative estimate of drug-likeness (QED) is 0.816. The molecule has 1 aromatic rings. The summed E-state index contributed by atoms with van der Waals surface area (Å²) in [6.07, 6.45) is 3.19. The van der Waals surface area contributed by atoms with E-state index in [0.717, 1.165) is 12.8 Å². The van der Waals surface area contributed by atoms with E-state index in [0.29, 0.717) is 0 Å². The SMILES string of the molecule is CCCCC(C)O.O=S(=O)(O)c1ccccc1. The lowest BCUT2D eigenvalue weighted by molar-refractivity contribution is 0.181. The van der Waals surface area contributed by atoms with E-state index >= 15 is 0 Å². The fourth-order valence-electron chi connectivity index (χ4n) is 1.09. The summed E-state index contributed by atoms with van der Waals surface area (Å²) in [7, 11) is -4.00. The van der Waals surface area contributed by atoms with E-state index in [1.54, 1.807) is 18.2 Å². The molecule has 1 rings (SSSR count). The maximum atomic E-state index is 10.4. The van der Waals surface area contributed by atoms with Crippen LogP contribution in [0, 0.1) is 0 Å². The van der Waals surface area contributed by atoms with Crippen LogP contribution in [-0.4, -0.2) is 24.2 Å².